The Morgan fingerprint density at radius 2 is 2.16 bits per heavy atom. The molecule has 2 nitrogen and oxygen atoms in total. The number of hydrogen-bond donors (Lipinski definition) is 1. The van der Waals surface area contributed by atoms with Crippen molar-refractivity contribution in [2.75, 3.05) is 12.8 Å². The van der Waals surface area contributed by atoms with Crippen molar-refractivity contribution in [1.82, 2.24) is 4.90 Å². The molecule has 19 heavy (non-hydrogen) atoms. The van der Waals surface area contributed by atoms with E-state index in [1.807, 2.05) is 29.5 Å². The van der Waals surface area contributed by atoms with Gasteiger partial charge in [-0.3, -0.25) is 4.90 Å². The molecule has 4 heteroatoms. The molecule has 0 spiro atoms. The molecule has 1 unspecified atom stereocenters. The summed E-state index contributed by atoms with van der Waals surface area (Å²) in [6.45, 7) is 3.08. The number of halogens is 1. The topological polar surface area (TPSA) is 29.3 Å². The predicted molar refractivity (Wildman–Crippen MR) is 84.8 cm³/mol. The van der Waals surface area contributed by atoms with Gasteiger partial charge in [-0.1, -0.05) is 23.7 Å². The second-order valence-corrected chi connectivity index (χ2v) is 6.36. The van der Waals surface area contributed by atoms with Gasteiger partial charge in [-0.25, -0.2) is 0 Å². The van der Waals surface area contributed by atoms with E-state index in [1.165, 1.54) is 4.88 Å². The van der Waals surface area contributed by atoms with Crippen LogP contribution < -0.4 is 5.73 Å². The molecule has 2 rings (SSSR count). The quantitative estimate of drug-likeness (QED) is 0.843. The van der Waals surface area contributed by atoms with Gasteiger partial charge in [0.2, 0.25) is 0 Å². The second kappa shape index (κ2) is 6.42. The lowest BCUT2D eigenvalue weighted by atomic mass is 10.1. The van der Waals surface area contributed by atoms with Crippen LogP contribution in [0.2, 0.25) is 5.02 Å². The summed E-state index contributed by atoms with van der Waals surface area (Å²) in [5.41, 5.74) is 7.89. The van der Waals surface area contributed by atoms with E-state index in [0.29, 0.717) is 11.1 Å². The van der Waals surface area contributed by atoms with Crippen molar-refractivity contribution in [2.24, 2.45) is 0 Å². The lowest BCUT2D eigenvalue weighted by Crippen LogP contribution is -2.30. The van der Waals surface area contributed by atoms with E-state index in [2.05, 4.69) is 36.4 Å². The van der Waals surface area contributed by atoms with E-state index in [9.17, 15) is 0 Å². The van der Waals surface area contributed by atoms with Crippen LogP contribution in [0.25, 0.3) is 0 Å². The summed E-state index contributed by atoms with van der Waals surface area (Å²) in [5, 5.41) is 2.81. The third kappa shape index (κ3) is 3.96. The fraction of sp³-hybridized carbons (Fsp3) is 0.333. The van der Waals surface area contributed by atoms with Crippen LogP contribution in [-0.4, -0.2) is 18.0 Å². The minimum Gasteiger partial charge on any atom is -0.398 e. The van der Waals surface area contributed by atoms with Gasteiger partial charge >= 0.3 is 0 Å². The highest BCUT2D eigenvalue weighted by Crippen LogP contribution is 2.21. The first kappa shape index (κ1) is 14.4. The number of benzene rings is 1. The molecule has 2 aromatic rings. The van der Waals surface area contributed by atoms with Crippen molar-refractivity contribution in [3.8, 4) is 0 Å². The Bertz CT molecular complexity index is 525. The maximum Gasteiger partial charge on any atom is 0.0426 e. The highest BCUT2D eigenvalue weighted by atomic mass is 35.5. The van der Waals surface area contributed by atoms with Crippen LogP contribution in [0.4, 0.5) is 5.69 Å². The number of hydrogen-bond acceptors (Lipinski definition) is 3. The first-order valence-corrected chi connectivity index (χ1v) is 7.58. The molecule has 0 aliphatic rings. The van der Waals surface area contributed by atoms with Gasteiger partial charge < -0.3 is 5.73 Å². The molecule has 0 fully saturated rings. The molecule has 1 aromatic carbocycles. The van der Waals surface area contributed by atoms with Crippen LogP contribution in [0.1, 0.15) is 17.4 Å². The summed E-state index contributed by atoms with van der Waals surface area (Å²) in [7, 11) is 2.13. The molecule has 0 saturated carbocycles. The van der Waals surface area contributed by atoms with Gasteiger partial charge in [0.05, 0.1) is 0 Å². The summed E-state index contributed by atoms with van der Waals surface area (Å²) in [5.74, 6) is 0. The molecule has 1 aromatic heterocycles. The maximum absolute atomic E-state index is 6.00. The van der Waals surface area contributed by atoms with Crippen molar-refractivity contribution < 1.29 is 0 Å². The zero-order valence-corrected chi connectivity index (χ0v) is 12.8. The zero-order chi connectivity index (χ0) is 13.8. The average Bonchev–Trinajstić information content (AvgIpc) is 2.85. The van der Waals surface area contributed by atoms with Gasteiger partial charge in [-0.2, -0.15) is 0 Å². The molecule has 0 bridgehead atoms. The Balaban J connectivity index is 1.98. The normalized spacial score (nSPS) is 12.8. The van der Waals surface area contributed by atoms with E-state index < -0.39 is 0 Å². The number of rotatable bonds is 5. The molecular weight excluding hydrogens is 276 g/mol. The number of nitrogens with zero attached hydrogens (tertiary/aromatic N) is 1. The van der Waals surface area contributed by atoms with E-state index in [-0.39, 0.29) is 0 Å². The highest BCUT2D eigenvalue weighted by Gasteiger charge is 2.12. The van der Waals surface area contributed by atoms with E-state index >= 15 is 0 Å². The molecule has 0 saturated heterocycles. The molecular formula is C15H19ClN2S. The summed E-state index contributed by atoms with van der Waals surface area (Å²) in [6, 6.07) is 10.5. The minimum atomic E-state index is 0.480. The highest BCUT2D eigenvalue weighted by molar-refractivity contribution is 7.09. The summed E-state index contributed by atoms with van der Waals surface area (Å²) < 4.78 is 0. The zero-order valence-electron chi connectivity index (χ0n) is 11.3. The molecule has 2 N–H and O–H groups in total. The van der Waals surface area contributed by atoms with Crippen LogP contribution >= 0.6 is 22.9 Å². The molecule has 1 heterocycles. The van der Waals surface area contributed by atoms with Crippen molar-refractivity contribution in [2.45, 2.75) is 25.9 Å². The van der Waals surface area contributed by atoms with Crippen molar-refractivity contribution in [3.05, 3.63) is 51.2 Å². The van der Waals surface area contributed by atoms with Crippen molar-refractivity contribution >= 4 is 28.6 Å². The molecule has 102 valence electrons. The van der Waals surface area contributed by atoms with Crippen LogP contribution in [-0.2, 0) is 13.0 Å². The minimum absolute atomic E-state index is 0.480. The Morgan fingerprint density at radius 1 is 1.37 bits per heavy atom. The average molecular weight is 295 g/mol. The van der Waals surface area contributed by atoms with E-state index in [0.717, 1.165) is 24.2 Å². The van der Waals surface area contributed by atoms with Gasteiger partial charge in [0.15, 0.2) is 0 Å². The molecule has 0 radical (unpaired) electrons. The lowest BCUT2D eigenvalue weighted by molar-refractivity contribution is 0.249. The lowest BCUT2D eigenvalue weighted by Gasteiger charge is -2.25. The number of nitrogen functional groups attached to an aromatic ring is 1. The fourth-order valence-electron chi connectivity index (χ4n) is 2.01. The Kier molecular flexibility index (Phi) is 4.86. The summed E-state index contributed by atoms with van der Waals surface area (Å²) >= 11 is 7.73. The third-order valence-electron chi connectivity index (χ3n) is 3.36. The smallest absolute Gasteiger partial charge is 0.0426 e. The van der Waals surface area contributed by atoms with Crippen LogP contribution in [0.5, 0.6) is 0 Å². The van der Waals surface area contributed by atoms with Gasteiger partial charge in [0.25, 0.3) is 0 Å². The van der Waals surface area contributed by atoms with Crippen LogP contribution in [0, 0.1) is 0 Å². The first-order chi connectivity index (χ1) is 9.06. The van der Waals surface area contributed by atoms with Crippen LogP contribution in [0.15, 0.2) is 35.7 Å². The SMILES string of the molecule is CC(Cc1cccs1)N(C)Cc1ccc(Cl)cc1N. The van der Waals surface area contributed by atoms with Crippen molar-refractivity contribution in [3.63, 3.8) is 0 Å². The summed E-state index contributed by atoms with van der Waals surface area (Å²) in [6.07, 6.45) is 1.07. The Labute approximate surface area is 123 Å². The van der Waals surface area contributed by atoms with E-state index in [1.54, 1.807) is 0 Å². The van der Waals surface area contributed by atoms with Gasteiger partial charge in [-0.05, 0) is 49.5 Å². The van der Waals surface area contributed by atoms with Crippen molar-refractivity contribution in [1.29, 1.82) is 0 Å². The maximum atomic E-state index is 6.00. The van der Waals surface area contributed by atoms with Crippen LogP contribution in [0.3, 0.4) is 0 Å². The number of likely N-dealkylation sites (N-methyl/N-ethyl adjacent to an activating group) is 1. The monoisotopic (exact) mass is 294 g/mol. The van der Waals surface area contributed by atoms with E-state index in [4.69, 9.17) is 17.3 Å². The Hall–Kier alpha value is -1.03. The second-order valence-electron chi connectivity index (χ2n) is 4.89. The molecule has 0 amide bonds. The number of anilines is 1. The first-order valence-electron chi connectivity index (χ1n) is 6.33. The number of thiophene rings is 1. The standard InChI is InChI=1S/C15H19ClN2S/c1-11(8-14-4-3-7-19-14)18(2)10-12-5-6-13(16)9-15(12)17/h3-7,9,11H,8,10,17H2,1-2H3. The van der Waals surface area contributed by atoms with Gasteiger partial charge in [0, 0.05) is 28.2 Å². The molecule has 1 atom stereocenters. The van der Waals surface area contributed by atoms with Gasteiger partial charge in [-0.15, -0.1) is 11.3 Å². The largest absolute Gasteiger partial charge is 0.398 e. The molecule has 0 aliphatic carbocycles. The summed E-state index contributed by atoms with van der Waals surface area (Å²) in [4.78, 5) is 3.74. The van der Waals surface area contributed by atoms with Gasteiger partial charge in [0.1, 0.15) is 0 Å². The third-order valence-corrected chi connectivity index (χ3v) is 4.49. The molecule has 0 aliphatic heterocycles. The number of nitrogens with two attached hydrogens (primary N) is 1. The Morgan fingerprint density at radius 3 is 2.79 bits per heavy atom. The fourth-order valence-corrected chi connectivity index (χ4v) is 3.02. The predicted octanol–water partition coefficient (Wildman–Crippen LogP) is 4.05.